The van der Waals surface area contributed by atoms with E-state index in [-0.39, 0.29) is 12.3 Å². The molecule has 1 N–H and O–H groups in total. The van der Waals surface area contributed by atoms with Gasteiger partial charge in [0.25, 0.3) is 0 Å². The van der Waals surface area contributed by atoms with E-state index in [9.17, 15) is 18.0 Å². The smallest absolute Gasteiger partial charge is 0.368 e. The van der Waals surface area contributed by atoms with E-state index in [1.807, 2.05) is 29.3 Å². The number of benzene rings is 1. The first kappa shape index (κ1) is 22.1. The first-order valence-corrected chi connectivity index (χ1v) is 11.0. The Morgan fingerprint density at radius 2 is 1.94 bits per heavy atom. The minimum Gasteiger partial charge on any atom is -0.368 e. The average molecular weight is 462 g/mol. The summed E-state index contributed by atoms with van der Waals surface area (Å²) in [4.78, 5) is 25.0. The number of hydrogen-bond acceptors (Lipinski definition) is 6. The second-order valence-corrected chi connectivity index (χ2v) is 8.44. The second kappa shape index (κ2) is 9.15. The van der Waals surface area contributed by atoms with E-state index in [4.69, 9.17) is 0 Å². The highest BCUT2D eigenvalue weighted by Gasteiger charge is 2.31. The predicted octanol–water partition coefficient (Wildman–Crippen LogP) is 4.50. The lowest BCUT2D eigenvalue weighted by Crippen LogP contribution is -2.49. The van der Waals surface area contributed by atoms with Crippen molar-refractivity contribution in [2.24, 2.45) is 0 Å². The fourth-order valence-corrected chi connectivity index (χ4v) is 4.24. The minimum absolute atomic E-state index is 0.0424. The number of alkyl halides is 3. The molecule has 1 aliphatic heterocycles. The number of rotatable bonds is 5. The largest absolute Gasteiger partial charge is 0.416 e. The fraction of sp³-hybridized carbons (Fsp3) is 0.318. The van der Waals surface area contributed by atoms with Crippen molar-refractivity contribution in [1.82, 2.24) is 14.9 Å². The van der Waals surface area contributed by atoms with Crippen molar-refractivity contribution in [2.45, 2.75) is 19.5 Å². The summed E-state index contributed by atoms with van der Waals surface area (Å²) in [6, 6.07) is 9.12. The Balaban J connectivity index is 1.31. The van der Waals surface area contributed by atoms with Crippen LogP contribution in [0.3, 0.4) is 0 Å². The summed E-state index contributed by atoms with van der Waals surface area (Å²) >= 11 is 1.41. The van der Waals surface area contributed by atoms with Crippen LogP contribution in [0.4, 0.5) is 29.8 Å². The van der Waals surface area contributed by atoms with Crippen molar-refractivity contribution in [3.63, 3.8) is 0 Å². The summed E-state index contributed by atoms with van der Waals surface area (Å²) in [5.74, 6) is 0.655. The summed E-state index contributed by atoms with van der Waals surface area (Å²) in [5.41, 5.74) is 1.61. The van der Waals surface area contributed by atoms with Gasteiger partial charge in [0.05, 0.1) is 17.7 Å². The normalized spacial score (nSPS) is 14.5. The monoisotopic (exact) mass is 461 g/mol. The molecule has 1 aromatic carbocycles. The van der Waals surface area contributed by atoms with Crippen molar-refractivity contribution < 1.29 is 18.0 Å². The highest BCUT2D eigenvalue weighted by Crippen LogP contribution is 2.32. The molecular weight excluding hydrogens is 439 g/mol. The molecule has 1 amide bonds. The number of nitrogens with zero attached hydrogens (tertiary/aromatic N) is 4. The van der Waals surface area contributed by atoms with Gasteiger partial charge in [-0.2, -0.15) is 13.2 Å². The minimum atomic E-state index is -4.37. The predicted molar refractivity (Wildman–Crippen MR) is 118 cm³/mol. The summed E-state index contributed by atoms with van der Waals surface area (Å²) < 4.78 is 38.9. The van der Waals surface area contributed by atoms with Gasteiger partial charge in [-0.15, -0.1) is 11.3 Å². The van der Waals surface area contributed by atoms with Crippen LogP contribution in [-0.4, -0.2) is 47.0 Å². The quantitative estimate of drug-likeness (QED) is 0.606. The van der Waals surface area contributed by atoms with Crippen molar-refractivity contribution in [3.8, 4) is 0 Å². The van der Waals surface area contributed by atoms with Crippen LogP contribution in [0.15, 0.2) is 48.0 Å². The highest BCUT2D eigenvalue weighted by atomic mass is 32.1. The van der Waals surface area contributed by atoms with Gasteiger partial charge in [0.15, 0.2) is 5.13 Å². The third-order valence-electron chi connectivity index (χ3n) is 5.21. The average Bonchev–Trinajstić information content (AvgIpc) is 3.20. The van der Waals surface area contributed by atoms with Gasteiger partial charge in [-0.05, 0) is 42.8 Å². The lowest BCUT2D eigenvalue weighted by Gasteiger charge is -2.36. The molecule has 32 heavy (non-hydrogen) atoms. The number of hydrogen-bond donors (Lipinski definition) is 1. The maximum atomic E-state index is 13.0. The number of pyridine rings is 1. The molecule has 168 valence electrons. The van der Waals surface area contributed by atoms with Crippen molar-refractivity contribution in [3.05, 3.63) is 64.8 Å². The molecule has 4 rings (SSSR count). The first-order valence-electron chi connectivity index (χ1n) is 10.1. The van der Waals surface area contributed by atoms with Gasteiger partial charge in [-0.1, -0.05) is 6.07 Å². The van der Waals surface area contributed by atoms with E-state index in [1.54, 1.807) is 17.2 Å². The number of thiazole rings is 1. The molecule has 0 radical (unpaired) electrons. The molecule has 6 nitrogen and oxygen atoms in total. The third kappa shape index (κ3) is 5.37. The van der Waals surface area contributed by atoms with Gasteiger partial charge in [0.2, 0.25) is 5.91 Å². The van der Waals surface area contributed by atoms with Gasteiger partial charge in [0, 0.05) is 43.4 Å². The van der Waals surface area contributed by atoms with Gasteiger partial charge in [-0.25, -0.2) is 9.97 Å². The summed E-state index contributed by atoms with van der Waals surface area (Å²) in [5, 5.41) is 5.65. The van der Waals surface area contributed by atoms with Gasteiger partial charge < -0.3 is 15.1 Å². The van der Waals surface area contributed by atoms with E-state index in [2.05, 4.69) is 15.3 Å². The maximum Gasteiger partial charge on any atom is 0.416 e. The Kier molecular flexibility index (Phi) is 6.31. The summed E-state index contributed by atoms with van der Waals surface area (Å²) in [6.07, 6.45) is -2.47. The number of halogens is 3. The number of carbonyl (C=O) groups excluding carboxylic acids is 1. The number of amides is 1. The highest BCUT2D eigenvalue weighted by molar-refractivity contribution is 7.13. The van der Waals surface area contributed by atoms with E-state index in [0.29, 0.717) is 48.5 Å². The van der Waals surface area contributed by atoms with E-state index >= 15 is 0 Å². The lowest BCUT2D eigenvalue weighted by atomic mass is 10.1. The van der Waals surface area contributed by atoms with Crippen LogP contribution in [0.1, 0.15) is 16.8 Å². The Morgan fingerprint density at radius 3 is 2.66 bits per heavy atom. The Morgan fingerprint density at radius 1 is 1.16 bits per heavy atom. The first-order chi connectivity index (χ1) is 15.3. The molecule has 1 saturated heterocycles. The van der Waals surface area contributed by atoms with Crippen LogP contribution in [0.5, 0.6) is 0 Å². The Labute approximate surface area is 187 Å². The summed E-state index contributed by atoms with van der Waals surface area (Å²) in [6.45, 7) is 3.85. The number of anilines is 3. The lowest BCUT2D eigenvalue weighted by molar-refractivity contribution is -0.137. The van der Waals surface area contributed by atoms with Crippen LogP contribution >= 0.6 is 11.3 Å². The molecule has 0 aliphatic carbocycles. The molecular formula is C22H22F3N5OS. The number of carbonyl (C=O) groups is 1. The fourth-order valence-electron chi connectivity index (χ4n) is 3.52. The molecule has 0 spiro atoms. The zero-order valence-electron chi connectivity index (χ0n) is 17.4. The van der Waals surface area contributed by atoms with Crippen LogP contribution in [0.25, 0.3) is 0 Å². The van der Waals surface area contributed by atoms with Crippen LogP contribution < -0.4 is 10.2 Å². The molecule has 0 saturated carbocycles. The standard InChI is InChI=1S/C22H22F3N5OS/c1-15-5-6-26-19(11-15)28-21-27-17(14-32-21)13-20(31)30-9-7-29(8-10-30)18-4-2-3-16(12-18)22(23,24)25/h2-6,11-12,14H,7-10,13H2,1H3,(H,26,27,28). The molecule has 0 atom stereocenters. The third-order valence-corrected chi connectivity index (χ3v) is 6.01. The van der Waals surface area contributed by atoms with Crippen LogP contribution in [-0.2, 0) is 17.4 Å². The molecule has 10 heteroatoms. The molecule has 1 aliphatic rings. The number of aromatic nitrogens is 2. The van der Waals surface area contributed by atoms with Crippen molar-refractivity contribution in [1.29, 1.82) is 0 Å². The molecule has 2 aromatic heterocycles. The van der Waals surface area contributed by atoms with E-state index in [0.717, 1.165) is 17.7 Å². The topological polar surface area (TPSA) is 61.4 Å². The van der Waals surface area contributed by atoms with Crippen LogP contribution in [0.2, 0.25) is 0 Å². The molecule has 3 aromatic rings. The summed E-state index contributed by atoms with van der Waals surface area (Å²) in [7, 11) is 0. The Bertz CT molecular complexity index is 1090. The van der Waals surface area contributed by atoms with Gasteiger partial charge in [0.1, 0.15) is 5.82 Å². The molecule has 0 bridgehead atoms. The zero-order chi connectivity index (χ0) is 22.7. The Hall–Kier alpha value is -3.14. The molecule has 3 heterocycles. The number of nitrogens with one attached hydrogen (secondary N) is 1. The van der Waals surface area contributed by atoms with Crippen molar-refractivity contribution >= 4 is 33.9 Å². The van der Waals surface area contributed by atoms with Gasteiger partial charge >= 0.3 is 6.18 Å². The van der Waals surface area contributed by atoms with E-state index in [1.165, 1.54) is 17.4 Å². The SMILES string of the molecule is Cc1ccnc(Nc2nc(CC(=O)N3CCN(c4cccc(C(F)(F)F)c4)CC3)cs2)c1. The van der Waals surface area contributed by atoms with Gasteiger partial charge in [-0.3, -0.25) is 4.79 Å². The van der Waals surface area contributed by atoms with Crippen LogP contribution in [0, 0.1) is 6.92 Å². The maximum absolute atomic E-state index is 13.0. The second-order valence-electron chi connectivity index (χ2n) is 7.58. The molecule has 1 fully saturated rings. The number of piperazine rings is 1. The van der Waals surface area contributed by atoms with Crippen molar-refractivity contribution in [2.75, 3.05) is 36.4 Å². The zero-order valence-corrected chi connectivity index (χ0v) is 18.2. The number of aryl methyl sites for hydroxylation is 1. The molecule has 0 unspecified atom stereocenters. The van der Waals surface area contributed by atoms with E-state index < -0.39 is 11.7 Å².